The van der Waals surface area contributed by atoms with E-state index in [-0.39, 0.29) is 23.6 Å². The maximum absolute atomic E-state index is 12.4. The minimum absolute atomic E-state index is 0.0630. The number of para-hydroxylation sites is 1. The summed E-state index contributed by atoms with van der Waals surface area (Å²) in [6, 6.07) is 8.10. The van der Waals surface area contributed by atoms with Crippen LogP contribution in [0.2, 0.25) is 0 Å². The van der Waals surface area contributed by atoms with E-state index in [1.165, 1.54) is 11.8 Å². The van der Waals surface area contributed by atoms with Crippen molar-refractivity contribution in [3.63, 3.8) is 0 Å². The summed E-state index contributed by atoms with van der Waals surface area (Å²) in [5.74, 6) is 0.158. The number of carbonyl (C=O) groups is 2. The molecule has 2 N–H and O–H groups in total. The van der Waals surface area contributed by atoms with Crippen LogP contribution in [0.25, 0.3) is 10.2 Å². The Bertz CT molecular complexity index is 668. The minimum atomic E-state index is -0.387. The number of nitrogens with zero attached hydrogens (tertiary/aromatic N) is 2. The molecule has 1 atom stereocenters. The normalized spacial score (nSPS) is 18.0. The molecule has 1 aliphatic heterocycles. The van der Waals surface area contributed by atoms with E-state index in [0.717, 1.165) is 34.6 Å². The second-order valence-electron chi connectivity index (χ2n) is 5.22. The van der Waals surface area contributed by atoms with Gasteiger partial charge in [0.25, 0.3) is 0 Å². The minimum Gasteiger partial charge on any atom is -0.369 e. The molecule has 0 saturated carbocycles. The lowest BCUT2D eigenvalue weighted by Gasteiger charge is -2.22. The predicted molar refractivity (Wildman–Crippen MR) is 89.8 cm³/mol. The first kappa shape index (κ1) is 15.3. The van der Waals surface area contributed by atoms with E-state index in [9.17, 15) is 9.59 Å². The number of nitrogens with two attached hydrogens (primary N) is 1. The van der Waals surface area contributed by atoms with Gasteiger partial charge in [0.1, 0.15) is 5.01 Å². The number of hydrogen-bond donors (Lipinski definition) is 1. The molecule has 1 aromatic heterocycles. The van der Waals surface area contributed by atoms with E-state index in [0.29, 0.717) is 5.75 Å². The van der Waals surface area contributed by atoms with E-state index in [4.69, 9.17) is 5.73 Å². The van der Waals surface area contributed by atoms with Gasteiger partial charge in [-0.25, -0.2) is 4.98 Å². The Morgan fingerprint density at radius 3 is 2.95 bits per heavy atom. The molecule has 1 fully saturated rings. The summed E-state index contributed by atoms with van der Waals surface area (Å²) in [7, 11) is 0. The highest BCUT2D eigenvalue weighted by atomic mass is 32.2. The summed E-state index contributed by atoms with van der Waals surface area (Å²) in [6.07, 6.45) is 1.94. The molecule has 5 nitrogen and oxygen atoms in total. The van der Waals surface area contributed by atoms with Gasteiger partial charge in [-0.3, -0.25) is 9.59 Å². The predicted octanol–water partition coefficient (Wildman–Crippen LogP) is 2.18. The maximum Gasteiger partial charge on any atom is 0.233 e. The zero-order chi connectivity index (χ0) is 15.5. The van der Waals surface area contributed by atoms with Crippen LogP contribution in [0.5, 0.6) is 0 Å². The highest BCUT2D eigenvalue weighted by Gasteiger charge is 2.31. The molecule has 0 bridgehead atoms. The molecule has 0 unspecified atom stereocenters. The Morgan fingerprint density at radius 1 is 1.36 bits per heavy atom. The number of benzene rings is 1. The molecule has 7 heteroatoms. The summed E-state index contributed by atoms with van der Waals surface area (Å²) in [5, 5.41) is 1.01. The molecular formula is C15H17N3O2S2. The van der Waals surface area contributed by atoms with Gasteiger partial charge in [-0.05, 0) is 25.0 Å². The third kappa shape index (κ3) is 3.25. The van der Waals surface area contributed by atoms with E-state index < -0.39 is 0 Å². The van der Waals surface area contributed by atoms with Gasteiger partial charge in [0.15, 0.2) is 0 Å². The molecular weight excluding hydrogens is 318 g/mol. The van der Waals surface area contributed by atoms with Gasteiger partial charge in [-0.15, -0.1) is 23.1 Å². The van der Waals surface area contributed by atoms with E-state index >= 15 is 0 Å². The third-order valence-electron chi connectivity index (χ3n) is 3.64. The summed E-state index contributed by atoms with van der Waals surface area (Å²) in [6.45, 7) is 0.760. The molecule has 2 aromatic rings. The lowest BCUT2D eigenvalue weighted by atomic mass is 10.2. The number of carbonyl (C=O) groups excluding carboxylic acids is 2. The van der Waals surface area contributed by atoms with Gasteiger partial charge in [0.2, 0.25) is 11.8 Å². The van der Waals surface area contributed by atoms with Gasteiger partial charge in [-0.1, -0.05) is 12.1 Å². The average Bonchev–Trinajstić information content (AvgIpc) is 3.12. The molecule has 22 heavy (non-hydrogen) atoms. The van der Waals surface area contributed by atoms with Crippen LogP contribution in [0.4, 0.5) is 0 Å². The van der Waals surface area contributed by atoms with Crippen molar-refractivity contribution < 1.29 is 9.59 Å². The fourth-order valence-corrected chi connectivity index (χ4v) is 4.44. The van der Waals surface area contributed by atoms with Crippen LogP contribution in [-0.4, -0.2) is 39.7 Å². The molecule has 3 rings (SSSR count). The fraction of sp³-hybridized carbons (Fsp3) is 0.400. The molecule has 116 valence electrons. The first-order valence-electron chi connectivity index (χ1n) is 7.16. The average molecular weight is 335 g/mol. The molecule has 1 aromatic carbocycles. The van der Waals surface area contributed by atoms with Crippen molar-refractivity contribution in [2.24, 2.45) is 5.73 Å². The number of rotatable bonds is 5. The smallest absolute Gasteiger partial charge is 0.233 e. The number of thioether (sulfide) groups is 1. The Kier molecular flexibility index (Phi) is 4.63. The van der Waals surface area contributed by atoms with Crippen molar-refractivity contribution in [3.8, 4) is 0 Å². The van der Waals surface area contributed by atoms with Gasteiger partial charge in [0, 0.05) is 6.54 Å². The first-order valence-corrected chi connectivity index (χ1v) is 9.13. The van der Waals surface area contributed by atoms with E-state index in [1.54, 1.807) is 11.3 Å². The quantitative estimate of drug-likeness (QED) is 0.908. The first-order chi connectivity index (χ1) is 10.6. The SMILES string of the molecule is NC(=O)CSCC(=O)N1CCC[C@@H]1c1nc2ccccc2s1. The van der Waals surface area contributed by atoms with Crippen LogP contribution < -0.4 is 5.73 Å². The molecule has 2 amide bonds. The topological polar surface area (TPSA) is 76.3 Å². The second kappa shape index (κ2) is 6.66. The Hall–Kier alpha value is -1.60. The Balaban J connectivity index is 1.72. The van der Waals surface area contributed by atoms with Crippen LogP contribution in [0.3, 0.4) is 0 Å². The van der Waals surface area contributed by atoms with Crippen LogP contribution in [0, 0.1) is 0 Å². The molecule has 1 saturated heterocycles. The number of fused-ring (bicyclic) bond motifs is 1. The molecule has 2 heterocycles. The zero-order valence-electron chi connectivity index (χ0n) is 12.0. The van der Waals surface area contributed by atoms with Crippen LogP contribution >= 0.6 is 23.1 Å². The number of amides is 2. The number of aromatic nitrogens is 1. The van der Waals surface area contributed by atoms with Gasteiger partial charge in [-0.2, -0.15) is 0 Å². The molecule has 0 aliphatic carbocycles. The molecule has 1 aliphatic rings. The number of primary amides is 1. The van der Waals surface area contributed by atoms with Crippen molar-refractivity contribution in [2.75, 3.05) is 18.1 Å². The van der Waals surface area contributed by atoms with Crippen LogP contribution in [0.15, 0.2) is 24.3 Å². The lowest BCUT2D eigenvalue weighted by Crippen LogP contribution is -2.32. The molecule has 0 radical (unpaired) electrons. The van der Waals surface area contributed by atoms with Gasteiger partial charge < -0.3 is 10.6 Å². The van der Waals surface area contributed by atoms with Crippen LogP contribution in [-0.2, 0) is 9.59 Å². The highest BCUT2D eigenvalue weighted by Crippen LogP contribution is 2.36. The fourth-order valence-electron chi connectivity index (χ4n) is 2.68. The van der Waals surface area contributed by atoms with E-state index in [1.807, 2.05) is 23.1 Å². The summed E-state index contributed by atoms with van der Waals surface area (Å²) in [5.41, 5.74) is 6.09. The van der Waals surface area contributed by atoms with Crippen molar-refractivity contribution >= 4 is 45.1 Å². The van der Waals surface area contributed by atoms with Crippen LogP contribution in [0.1, 0.15) is 23.9 Å². The van der Waals surface area contributed by atoms with Gasteiger partial charge >= 0.3 is 0 Å². The van der Waals surface area contributed by atoms with Gasteiger partial charge in [0.05, 0.1) is 27.8 Å². The van der Waals surface area contributed by atoms with Crippen molar-refractivity contribution in [2.45, 2.75) is 18.9 Å². The Labute approximate surface area is 136 Å². The highest BCUT2D eigenvalue weighted by molar-refractivity contribution is 8.00. The number of likely N-dealkylation sites (tertiary alicyclic amines) is 1. The van der Waals surface area contributed by atoms with Crippen molar-refractivity contribution in [1.82, 2.24) is 9.88 Å². The zero-order valence-corrected chi connectivity index (χ0v) is 13.7. The third-order valence-corrected chi connectivity index (χ3v) is 5.72. The second-order valence-corrected chi connectivity index (χ2v) is 7.27. The maximum atomic E-state index is 12.4. The van der Waals surface area contributed by atoms with E-state index in [2.05, 4.69) is 11.1 Å². The van der Waals surface area contributed by atoms with Crippen molar-refractivity contribution in [1.29, 1.82) is 0 Å². The lowest BCUT2D eigenvalue weighted by molar-refractivity contribution is -0.129. The molecule has 0 spiro atoms. The largest absolute Gasteiger partial charge is 0.369 e. The summed E-state index contributed by atoms with van der Waals surface area (Å²) >= 11 is 2.93. The Morgan fingerprint density at radius 2 is 2.18 bits per heavy atom. The van der Waals surface area contributed by atoms with Crippen molar-refractivity contribution in [3.05, 3.63) is 29.3 Å². The standard InChI is InChI=1S/C15H17N3O2S2/c16-13(19)8-21-9-14(20)18-7-3-5-11(18)15-17-10-4-1-2-6-12(10)22-15/h1-2,4,6,11H,3,5,7-9H2,(H2,16,19)/t11-/m1/s1. The summed E-state index contributed by atoms with van der Waals surface area (Å²) in [4.78, 5) is 29.7. The summed E-state index contributed by atoms with van der Waals surface area (Å²) < 4.78 is 1.15. The monoisotopic (exact) mass is 335 g/mol. The number of hydrogen-bond acceptors (Lipinski definition) is 5. The number of thiazole rings is 1.